The third-order valence-electron chi connectivity index (χ3n) is 4.49. The summed E-state index contributed by atoms with van der Waals surface area (Å²) in [6, 6.07) is 0.0110. The lowest BCUT2D eigenvalue weighted by Crippen LogP contribution is -2.44. The van der Waals surface area contributed by atoms with Crippen LogP contribution in [0, 0.1) is 11.8 Å². The van der Waals surface area contributed by atoms with E-state index in [1.807, 2.05) is 0 Å². The standard InChI is InChI=1S/C14H28N4O2S.HI/c1-11-5-4-8-18(10-11)14(15)16-9-12-6-3-7-13(12)17-21(2,19)20;/h11-13,17H,3-10H2,1-2H3,(H2,15,16);1H. The van der Waals surface area contributed by atoms with Crippen LogP contribution in [0.3, 0.4) is 0 Å². The van der Waals surface area contributed by atoms with Gasteiger partial charge in [-0.05, 0) is 37.5 Å². The average Bonchev–Trinajstić information content (AvgIpc) is 2.81. The molecule has 0 radical (unpaired) electrons. The zero-order valence-electron chi connectivity index (χ0n) is 13.5. The number of guanidine groups is 1. The van der Waals surface area contributed by atoms with E-state index in [-0.39, 0.29) is 35.9 Å². The minimum atomic E-state index is -3.15. The van der Waals surface area contributed by atoms with Crippen LogP contribution < -0.4 is 10.5 Å². The molecule has 3 atom stereocenters. The lowest BCUT2D eigenvalue weighted by molar-refractivity contribution is 0.269. The van der Waals surface area contributed by atoms with Gasteiger partial charge < -0.3 is 10.6 Å². The number of sulfonamides is 1. The highest BCUT2D eigenvalue weighted by Crippen LogP contribution is 2.26. The Labute approximate surface area is 151 Å². The molecule has 1 heterocycles. The highest BCUT2D eigenvalue weighted by Gasteiger charge is 2.29. The minimum Gasteiger partial charge on any atom is -0.370 e. The number of nitrogens with two attached hydrogens (primary N) is 1. The van der Waals surface area contributed by atoms with Gasteiger partial charge in [0.25, 0.3) is 0 Å². The second-order valence-electron chi connectivity index (χ2n) is 6.58. The number of hydrogen-bond donors (Lipinski definition) is 2. The largest absolute Gasteiger partial charge is 0.370 e. The topological polar surface area (TPSA) is 87.8 Å². The molecule has 1 saturated carbocycles. The molecule has 1 aliphatic heterocycles. The van der Waals surface area contributed by atoms with Gasteiger partial charge in [-0.25, -0.2) is 13.1 Å². The molecule has 0 aromatic carbocycles. The number of rotatable bonds is 4. The summed E-state index contributed by atoms with van der Waals surface area (Å²) in [5.41, 5.74) is 6.10. The first-order valence-corrected chi connectivity index (χ1v) is 9.76. The monoisotopic (exact) mass is 444 g/mol. The van der Waals surface area contributed by atoms with Gasteiger partial charge in [-0.1, -0.05) is 13.3 Å². The number of halogens is 1. The van der Waals surface area contributed by atoms with Crippen molar-refractivity contribution in [1.29, 1.82) is 0 Å². The molecule has 0 bridgehead atoms. The Bertz CT molecular complexity index is 483. The Kier molecular flexibility index (Phi) is 7.87. The maximum absolute atomic E-state index is 11.4. The maximum atomic E-state index is 11.4. The SMILES string of the molecule is CC1CCCN(C(N)=NCC2CCCC2NS(C)(=O)=O)C1.I. The summed E-state index contributed by atoms with van der Waals surface area (Å²) in [5, 5.41) is 0. The highest BCUT2D eigenvalue weighted by atomic mass is 127. The van der Waals surface area contributed by atoms with E-state index in [1.165, 1.54) is 19.1 Å². The molecule has 0 aromatic heterocycles. The zero-order valence-corrected chi connectivity index (χ0v) is 16.6. The number of likely N-dealkylation sites (tertiary alicyclic amines) is 1. The highest BCUT2D eigenvalue weighted by molar-refractivity contribution is 14.0. The van der Waals surface area contributed by atoms with E-state index in [4.69, 9.17) is 5.73 Å². The van der Waals surface area contributed by atoms with Crippen molar-refractivity contribution in [3.05, 3.63) is 0 Å². The van der Waals surface area contributed by atoms with Gasteiger partial charge in [-0.15, -0.1) is 24.0 Å². The fourth-order valence-electron chi connectivity index (χ4n) is 3.39. The van der Waals surface area contributed by atoms with Crippen molar-refractivity contribution >= 4 is 40.0 Å². The number of piperidine rings is 1. The molecule has 2 aliphatic rings. The molecule has 130 valence electrons. The minimum absolute atomic E-state index is 0. The molecule has 0 spiro atoms. The van der Waals surface area contributed by atoms with E-state index >= 15 is 0 Å². The van der Waals surface area contributed by atoms with Crippen LogP contribution in [-0.2, 0) is 10.0 Å². The van der Waals surface area contributed by atoms with Crippen molar-refractivity contribution in [3.8, 4) is 0 Å². The number of hydrogen-bond acceptors (Lipinski definition) is 3. The van der Waals surface area contributed by atoms with Crippen molar-refractivity contribution in [1.82, 2.24) is 9.62 Å². The Morgan fingerprint density at radius 1 is 1.32 bits per heavy atom. The Hall–Kier alpha value is -0.0900. The van der Waals surface area contributed by atoms with Crippen molar-refractivity contribution in [2.45, 2.75) is 45.1 Å². The zero-order chi connectivity index (χ0) is 15.5. The number of nitrogens with zero attached hydrogens (tertiary/aromatic N) is 2. The third kappa shape index (κ3) is 6.19. The van der Waals surface area contributed by atoms with Crippen LogP contribution in [0.25, 0.3) is 0 Å². The summed E-state index contributed by atoms with van der Waals surface area (Å²) >= 11 is 0. The Balaban J connectivity index is 0.00000242. The smallest absolute Gasteiger partial charge is 0.208 e. The van der Waals surface area contributed by atoms with Crippen molar-refractivity contribution < 1.29 is 8.42 Å². The van der Waals surface area contributed by atoms with Crippen LogP contribution in [0.2, 0.25) is 0 Å². The molecule has 22 heavy (non-hydrogen) atoms. The summed E-state index contributed by atoms with van der Waals surface area (Å²) < 4.78 is 25.5. The predicted octanol–water partition coefficient (Wildman–Crippen LogP) is 1.37. The van der Waals surface area contributed by atoms with Gasteiger partial charge in [-0.2, -0.15) is 0 Å². The summed E-state index contributed by atoms with van der Waals surface area (Å²) in [7, 11) is -3.15. The van der Waals surface area contributed by atoms with Crippen molar-refractivity contribution in [2.24, 2.45) is 22.6 Å². The van der Waals surface area contributed by atoms with E-state index in [0.29, 0.717) is 18.4 Å². The first kappa shape index (κ1) is 20.0. The second kappa shape index (κ2) is 8.68. The third-order valence-corrected chi connectivity index (χ3v) is 5.22. The molecular formula is C14H29IN4O2S. The van der Waals surface area contributed by atoms with Crippen LogP contribution in [0.15, 0.2) is 4.99 Å². The maximum Gasteiger partial charge on any atom is 0.208 e. The molecule has 2 rings (SSSR count). The second-order valence-corrected chi connectivity index (χ2v) is 8.36. The van der Waals surface area contributed by atoms with E-state index in [1.54, 1.807) is 0 Å². The molecule has 3 unspecified atom stereocenters. The number of aliphatic imine (C=N–C) groups is 1. The van der Waals surface area contributed by atoms with E-state index in [2.05, 4.69) is 21.5 Å². The van der Waals surface area contributed by atoms with E-state index < -0.39 is 10.0 Å². The van der Waals surface area contributed by atoms with Gasteiger partial charge >= 0.3 is 0 Å². The van der Waals surface area contributed by atoms with Crippen LogP contribution >= 0.6 is 24.0 Å². The molecule has 0 amide bonds. The first-order chi connectivity index (χ1) is 9.85. The van der Waals surface area contributed by atoms with Crippen LogP contribution in [0.4, 0.5) is 0 Å². The molecule has 1 aliphatic carbocycles. The van der Waals surface area contributed by atoms with Gasteiger partial charge in [0.05, 0.1) is 6.26 Å². The normalized spacial score (nSPS) is 30.2. The first-order valence-electron chi connectivity index (χ1n) is 7.87. The van der Waals surface area contributed by atoms with Crippen LogP contribution in [0.1, 0.15) is 39.0 Å². The average molecular weight is 444 g/mol. The summed E-state index contributed by atoms with van der Waals surface area (Å²) in [4.78, 5) is 6.68. The lowest BCUT2D eigenvalue weighted by atomic mass is 10.0. The Morgan fingerprint density at radius 3 is 2.68 bits per heavy atom. The number of nitrogens with one attached hydrogen (secondary N) is 1. The fourth-order valence-corrected chi connectivity index (χ4v) is 4.25. The quantitative estimate of drug-likeness (QED) is 0.390. The molecule has 0 aromatic rings. The van der Waals surface area contributed by atoms with Gasteiger partial charge in [0.2, 0.25) is 10.0 Å². The summed E-state index contributed by atoms with van der Waals surface area (Å²) in [5.74, 6) is 1.55. The van der Waals surface area contributed by atoms with E-state index in [9.17, 15) is 8.42 Å². The molecule has 6 nitrogen and oxygen atoms in total. The van der Waals surface area contributed by atoms with Gasteiger partial charge in [0, 0.05) is 25.7 Å². The molecule has 2 fully saturated rings. The van der Waals surface area contributed by atoms with Crippen LogP contribution in [0.5, 0.6) is 0 Å². The summed E-state index contributed by atoms with van der Waals surface area (Å²) in [6.07, 6.45) is 6.60. The molecule has 3 N–H and O–H groups in total. The Morgan fingerprint density at radius 2 is 2.05 bits per heavy atom. The van der Waals surface area contributed by atoms with Crippen molar-refractivity contribution in [2.75, 3.05) is 25.9 Å². The predicted molar refractivity (Wildman–Crippen MR) is 101 cm³/mol. The van der Waals surface area contributed by atoms with Crippen molar-refractivity contribution in [3.63, 3.8) is 0 Å². The van der Waals surface area contributed by atoms with Gasteiger partial charge in [0.1, 0.15) is 0 Å². The van der Waals surface area contributed by atoms with Gasteiger partial charge in [-0.3, -0.25) is 4.99 Å². The molecule has 1 saturated heterocycles. The van der Waals surface area contributed by atoms with Gasteiger partial charge in [0.15, 0.2) is 5.96 Å². The lowest BCUT2D eigenvalue weighted by Gasteiger charge is -2.32. The molecular weight excluding hydrogens is 415 g/mol. The fraction of sp³-hybridized carbons (Fsp3) is 0.929. The van der Waals surface area contributed by atoms with E-state index in [0.717, 1.165) is 32.4 Å². The summed E-state index contributed by atoms with van der Waals surface area (Å²) in [6.45, 7) is 4.81. The van der Waals surface area contributed by atoms with Crippen LogP contribution in [-0.4, -0.2) is 51.2 Å². The molecule has 8 heteroatoms.